The van der Waals surface area contributed by atoms with Crippen LogP contribution in [-0.4, -0.2) is 17.7 Å². The lowest BCUT2D eigenvalue weighted by molar-refractivity contribution is -0.139. The van der Waals surface area contributed by atoms with Gasteiger partial charge in [-0.1, -0.05) is 12.1 Å². The normalized spacial score (nSPS) is 12.6. The van der Waals surface area contributed by atoms with Crippen LogP contribution in [-0.2, 0) is 11.2 Å². The molecule has 0 amide bonds. The largest absolute Gasteiger partial charge is 0.481 e. The summed E-state index contributed by atoms with van der Waals surface area (Å²) in [5.74, 6) is -0.422. The molecule has 0 spiro atoms. The monoisotopic (exact) mass is 254 g/mol. The van der Waals surface area contributed by atoms with E-state index in [1.54, 1.807) is 12.1 Å². The first-order chi connectivity index (χ1) is 9.22. The predicted octanol–water partition coefficient (Wildman–Crippen LogP) is 2.95. The van der Waals surface area contributed by atoms with Crippen LogP contribution in [0.25, 0.3) is 21.9 Å². The van der Waals surface area contributed by atoms with E-state index in [1.807, 2.05) is 12.1 Å². The Balaban J connectivity index is 1.98. The van der Waals surface area contributed by atoms with Gasteiger partial charge in [0.25, 0.3) is 0 Å². The number of carbonyl (C=O) groups is 1. The lowest BCUT2D eigenvalue weighted by atomic mass is 9.88. The van der Waals surface area contributed by atoms with E-state index >= 15 is 0 Å². The Morgan fingerprint density at radius 1 is 1.26 bits per heavy atom. The second-order valence-corrected chi connectivity index (χ2v) is 4.72. The second-order valence-electron chi connectivity index (χ2n) is 4.72. The van der Waals surface area contributed by atoms with Crippen molar-refractivity contribution in [2.75, 3.05) is 6.61 Å². The average molecular weight is 254 g/mol. The molecule has 5 rings (SSSR count). The number of fused-ring (bicyclic) bond motifs is 1. The van der Waals surface area contributed by atoms with E-state index in [9.17, 15) is 4.79 Å². The van der Waals surface area contributed by atoms with Crippen molar-refractivity contribution in [1.82, 2.24) is 0 Å². The third-order valence-corrected chi connectivity index (χ3v) is 3.45. The Bertz CT molecular complexity index is 829. The molecule has 2 aliphatic carbocycles. The van der Waals surface area contributed by atoms with Gasteiger partial charge in [0.05, 0.1) is 5.39 Å². The summed E-state index contributed by atoms with van der Waals surface area (Å²) in [5.41, 5.74) is 4.09. The quantitative estimate of drug-likeness (QED) is 0.610. The van der Waals surface area contributed by atoms with Crippen LogP contribution in [0.15, 0.2) is 34.7 Å². The molecule has 1 aromatic heterocycles. The molecule has 94 valence electrons. The molecule has 4 nitrogen and oxygen atoms in total. The number of benzene rings is 2. The maximum Gasteiger partial charge on any atom is 0.341 e. The fourth-order valence-corrected chi connectivity index (χ4v) is 2.65. The van der Waals surface area contributed by atoms with Crippen molar-refractivity contribution in [3.63, 3.8) is 0 Å². The van der Waals surface area contributed by atoms with Gasteiger partial charge >= 0.3 is 5.97 Å². The van der Waals surface area contributed by atoms with E-state index < -0.39 is 5.97 Å². The van der Waals surface area contributed by atoms with E-state index in [0.29, 0.717) is 5.75 Å². The van der Waals surface area contributed by atoms with E-state index in [4.69, 9.17) is 14.3 Å². The van der Waals surface area contributed by atoms with Crippen molar-refractivity contribution in [3.05, 3.63) is 41.5 Å². The van der Waals surface area contributed by atoms with Gasteiger partial charge in [0.1, 0.15) is 16.9 Å². The molecule has 0 unspecified atom stereocenters. The van der Waals surface area contributed by atoms with Gasteiger partial charge in [-0.3, -0.25) is 0 Å². The van der Waals surface area contributed by atoms with Crippen molar-refractivity contribution in [2.24, 2.45) is 0 Å². The van der Waals surface area contributed by atoms with Crippen LogP contribution >= 0.6 is 0 Å². The molecular formula is C15H10O4. The summed E-state index contributed by atoms with van der Waals surface area (Å²) >= 11 is 0. The first-order valence-electron chi connectivity index (χ1n) is 6.04. The number of hydrogen-bond donors (Lipinski definition) is 1. The van der Waals surface area contributed by atoms with Crippen molar-refractivity contribution in [1.29, 1.82) is 0 Å². The fraction of sp³-hybridized carbons (Fsp3) is 0.133. The molecule has 0 fully saturated rings. The molecule has 3 aromatic rings. The van der Waals surface area contributed by atoms with Gasteiger partial charge in [-0.2, -0.15) is 0 Å². The fourth-order valence-electron chi connectivity index (χ4n) is 2.65. The summed E-state index contributed by atoms with van der Waals surface area (Å²) in [6.45, 7) is -0.348. The summed E-state index contributed by atoms with van der Waals surface area (Å²) in [7, 11) is 0. The lowest BCUT2D eigenvalue weighted by Gasteiger charge is -2.15. The van der Waals surface area contributed by atoms with E-state index in [0.717, 1.165) is 28.4 Å². The van der Waals surface area contributed by atoms with Gasteiger partial charge in [0, 0.05) is 5.39 Å². The van der Waals surface area contributed by atoms with Crippen LogP contribution in [0, 0.1) is 0 Å². The minimum absolute atomic E-state index is 0.348. The topological polar surface area (TPSA) is 59.7 Å². The highest BCUT2D eigenvalue weighted by Crippen LogP contribution is 2.41. The van der Waals surface area contributed by atoms with Gasteiger partial charge < -0.3 is 14.3 Å². The summed E-state index contributed by atoms with van der Waals surface area (Å²) in [5, 5.41) is 10.6. The van der Waals surface area contributed by atoms with Crippen molar-refractivity contribution >= 4 is 27.9 Å². The summed E-state index contributed by atoms with van der Waals surface area (Å²) in [4.78, 5) is 10.6. The minimum atomic E-state index is -0.987. The molecule has 2 bridgehead atoms. The van der Waals surface area contributed by atoms with Gasteiger partial charge in [-0.05, 0) is 35.7 Å². The smallest absolute Gasteiger partial charge is 0.341 e. The van der Waals surface area contributed by atoms with Gasteiger partial charge in [0.15, 0.2) is 6.61 Å². The van der Waals surface area contributed by atoms with Crippen LogP contribution in [0.5, 0.6) is 5.75 Å². The summed E-state index contributed by atoms with van der Waals surface area (Å²) in [6, 6.07) is 9.62. The molecular weight excluding hydrogens is 244 g/mol. The van der Waals surface area contributed by atoms with Crippen LogP contribution in [0.4, 0.5) is 0 Å². The number of hydrogen-bond acceptors (Lipinski definition) is 3. The predicted molar refractivity (Wildman–Crippen MR) is 69.7 cm³/mol. The summed E-state index contributed by atoms with van der Waals surface area (Å²) < 4.78 is 11.2. The zero-order valence-electron chi connectivity index (χ0n) is 9.97. The highest BCUT2D eigenvalue weighted by atomic mass is 16.5. The summed E-state index contributed by atoms with van der Waals surface area (Å²) in [6.07, 6.45) is 0.953. The second kappa shape index (κ2) is 3.51. The number of aliphatic carboxylic acids is 1. The third kappa shape index (κ3) is 1.43. The molecule has 0 saturated carbocycles. The number of carboxylic acid groups (broad SMARTS) is 1. The first kappa shape index (κ1) is 10.4. The Labute approximate surface area is 108 Å². The molecule has 0 atom stereocenters. The number of rotatable bonds is 3. The third-order valence-electron chi connectivity index (χ3n) is 3.45. The highest BCUT2D eigenvalue weighted by Gasteiger charge is 2.21. The van der Waals surface area contributed by atoms with E-state index in [-0.39, 0.29) is 6.61 Å². The van der Waals surface area contributed by atoms with Crippen molar-refractivity contribution < 1.29 is 19.1 Å². The van der Waals surface area contributed by atoms with Gasteiger partial charge in [-0.25, -0.2) is 4.79 Å². The number of furan rings is 1. The highest BCUT2D eigenvalue weighted by molar-refractivity contribution is 6.11. The van der Waals surface area contributed by atoms with Crippen LogP contribution in [0.3, 0.4) is 0 Å². The molecule has 0 radical (unpaired) electrons. The molecule has 2 aliphatic rings. The number of carboxylic acids is 1. The Kier molecular flexibility index (Phi) is 1.93. The zero-order chi connectivity index (χ0) is 13.0. The Morgan fingerprint density at radius 2 is 2.11 bits per heavy atom. The van der Waals surface area contributed by atoms with Crippen LogP contribution in [0.1, 0.15) is 11.1 Å². The van der Waals surface area contributed by atoms with E-state index in [2.05, 4.69) is 6.07 Å². The number of ether oxygens (including phenoxy) is 1. The van der Waals surface area contributed by atoms with Gasteiger partial charge in [-0.15, -0.1) is 0 Å². The molecule has 19 heavy (non-hydrogen) atoms. The van der Waals surface area contributed by atoms with E-state index in [1.165, 1.54) is 11.1 Å². The molecule has 0 saturated heterocycles. The maximum atomic E-state index is 10.6. The minimum Gasteiger partial charge on any atom is -0.481 e. The Hall–Kier alpha value is -2.49. The lowest BCUT2D eigenvalue weighted by Crippen LogP contribution is -2.09. The zero-order valence-corrected chi connectivity index (χ0v) is 9.97. The molecule has 2 aromatic carbocycles. The Morgan fingerprint density at radius 3 is 2.89 bits per heavy atom. The SMILES string of the molecule is O=C(O)COc1cccc2oc3cc4cc(c3c12)C4. The van der Waals surface area contributed by atoms with Crippen LogP contribution in [0.2, 0.25) is 0 Å². The van der Waals surface area contributed by atoms with Gasteiger partial charge in [0.2, 0.25) is 0 Å². The average Bonchev–Trinajstić information content (AvgIpc) is 2.74. The molecule has 1 heterocycles. The molecule has 4 heteroatoms. The van der Waals surface area contributed by atoms with Crippen molar-refractivity contribution in [3.8, 4) is 5.75 Å². The standard InChI is InChI=1S/C15H10O4/c16-13(17)7-18-10-2-1-3-11-15(10)14-9-4-8(5-9)6-12(14)19-11/h1-4,6H,5,7H2,(H,16,17). The molecule has 0 aliphatic heterocycles. The van der Waals surface area contributed by atoms with Crippen molar-refractivity contribution in [2.45, 2.75) is 6.42 Å². The van der Waals surface area contributed by atoms with Crippen LogP contribution < -0.4 is 4.74 Å². The first-order valence-corrected chi connectivity index (χ1v) is 6.04. The maximum absolute atomic E-state index is 10.6. The molecule has 1 N–H and O–H groups in total.